The average Bonchev–Trinajstić information content (AvgIpc) is 2.18. The molecule has 0 unspecified atom stereocenters. The van der Waals surface area contributed by atoms with Crippen molar-refractivity contribution in [1.82, 2.24) is 0 Å². The minimum Gasteiger partial charge on any atom is -0.374 e. The molecule has 0 saturated carbocycles. The predicted octanol–water partition coefficient (Wildman–Crippen LogP) is 2.49. The minimum absolute atomic E-state index is 0.0918. The van der Waals surface area contributed by atoms with Crippen molar-refractivity contribution in [3.63, 3.8) is 0 Å². The number of ether oxygens (including phenoxy) is 1. The second kappa shape index (κ2) is 5.78. The van der Waals surface area contributed by atoms with E-state index < -0.39 is 0 Å². The zero-order valence-corrected chi connectivity index (χ0v) is 8.88. The van der Waals surface area contributed by atoms with Gasteiger partial charge in [-0.25, -0.2) is 0 Å². The average molecular weight is 213 g/mol. The summed E-state index contributed by atoms with van der Waals surface area (Å²) in [4.78, 5) is 11.3. The molecule has 0 aliphatic heterocycles. The highest BCUT2D eigenvalue weighted by molar-refractivity contribution is 6.30. The van der Waals surface area contributed by atoms with Crippen molar-refractivity contribution in [2.75, 3.05) is 13.2 Å². The monoisotopic (exact) mass is 212 g/mol. The first-order chi connectivity index (χ1) is 6.72. The van der Waals surface area contributed by atoms with Crippen LogP contribution in [-0.4, -0.2) is 19.0 Å². The largest absolute Gasteiger partial charge is 0.374 e. The van der Waals surface area contributed by atoms with Gasteiger partial charge >= 0.3 is 0 Å². The summed E-state index contributed by atoms with van der Waals surface area (Å²) < 4.78 is 5.02. The molecule has 0 amide bonds. The van der Waals surface area contributed by atoms with Gasteiger partial charge in [0.2, 0.25) is 0 Å². The minimum atomic E-state index is 0.0918. The Morgan fingerprint density at radius 3 is 2.57 bits per heavy atom. The van der Waals surface area contributed by atoms with Gasteiger partial charge < -0.3 is 4.74 Å². The van der Waals surface area contributed by atoms with E-state index in [9.17, 15) is 4.79 Å². The topological polar surface area (TPSA) is 26.3 Å². The molecule has 0 saturated heterocycles. The third kappa shape index (κ3) is 3.90. The number of carbonyl (C=O) groups is 1. The molecule has 0 N–H and O–H groups in total. The first kappa shape index (κ1) is 11.2. The molecule has 0 aromatic heterocycles. The van der Waals surface area contributed by atoms with Gasteiger partial charge in [0.15, 0.2) is 5.78 Å². The van der Waals surface area contributed by atoms with Crippen molar-refractivity contribution in [3.8, 4) is 0 Å². The first-order valence-corrected chi connectivity index (χ1v) is 4.94. The van der Waals surface area contributed by atoms with E-state index in [1.54, 1.807) is 12.1 Å². The molecular formula is C11H13ClO2. The molecule has 0 aliphatic carbocycles. The number of hydrogen-bond donors (Lipinski definition) is 0. The van der Waals surface area contributed by atoms with E-state index in [1.165, 1.54) is 0 Å². The molecule has 1 aromatic carbocycles. The van der Waals surface area contributed by atoms with Crippen LogP contribution in [0.3, 0.4) is 0 Å². The molecule has 1 rings (SSSR count). The normalized spacial score (nSPS) is 10.1. The Morgan fingerprint density at radius 1 is 1.36 bits per heavy atom. The highest BCUT2D eigenvalue weighted by Crippen LogP contribution is 2.10. The number of carbonyl (C=O) groups excluding carboxylic acids is 1. The fourth-order valence-corrected chi connectivity index (χ4v) is 1.22. The fraction of sp³-hybridized carbons (Fsp3) is 0.364. The SMILES string of the molecule is CCOCC(=O)Cc1ccc(Cl)cc1. The van der Waals surface area contributed by atoms with Crippen LogP contribution in [0.5, 0.6) is 0 Å². The van der Waals surface area contributed by atoms with Crippen molar-refractivity contribution in [2.45, 2.75) is 13.3 Å². The number of rotatable bonds is 5. The van der Waals surface area contributed by atoms with Gasteiger partial charge in [-0.05, 0) is 24.6 Å². The summed E-state index contributed by atoms with van der Waals surface area (Å²) in [5.41, 5.74) is 0.971. The Bertz CT molecular complexity index is 293. The molecule has 1 aromatic rings. The summed E-state index contributed by atoms with van der Waals surface area (Å²) in [6.45, 7) is 2.64. The van der Waals surface area contributed by atoms with Crippen LogP contribution >= 0.6 is 11.6 Å². The maximum absolute atomic E-state index is 11.3. The lowest BCUT2D eigenvalue weighted by atomic mass is 10.1. The highest BCUT2D eigenvalue weighted by Gasteiger charge is 2.02. The van der Waals surface area contributed by atoms with E-state index in [2.05, 4.69) is 0 Å². The summed E-state index contributed by atoms with van der Waals surface area (Å²) in [5, 5.41) is 0.686. The molecule has 0 heterocycles. The van der Waals surface area contributed by atoms with Crippen molar-refractivity contribution >= 4 is 17.4 Å². The number of Topliss-reactive ketones (excluding diaryl/α,β-unsaturated/α-hetero) is 1. The molecule has 0 fully saturated rings. The number of halogens is 1. The maximum atomic E-state index is 11.3. The molecule has 0 bridgehead atoms. The van der Waals surface area contributed by atoms with Crippen LogP contribution in [0.1, 0.15) is 12.5 Å². The van der Waals surface area contributed by atoms with Crippen molar-refractivity contribution in [1.29, 1.82) is 0 Å². The zero-order valence-electron chi connectivity index (χ0n) is 8.13. The van der Waals surface area contributed by atoms with Gasteiger partial charge in [0.05, 0.1) is 0 Å². The molecule has 76 valence electrons. The lowest BCUT2D eigenvalue weighted by Crippen LogP contribution is -2.11. The smallest absolute Gasteiger partial charge is 0.162 e. The summed E-state index contributed by atoms with van der Waals surface area (Å²) in [6, 6.07) is 7.27. The Kier molecular flexibility index (Phi) is 4.63. The van der Waals surface area contributed by atoms with E-state index in [4.69, 9.17) is 16.3 Å². The second-order valence-electron chi connectivity index (χ2n) is 2.98. The van der Waals surface area contributed by atoms with Crippen LogP contribution in [0.15, 0.2) is 24.3 Å². The Hall–Kier alpha value is -0.860. The van der Waals surface area contributed by atoms with E-state index in [0.717, 1.165) is 5.56 Å². The zero-order chi connectivity index (χ0) is 10.4. The van der Waals surface area contributed by atoms with Crippen molar-refractivity contribution < 1.29 is 9.53 Å². The van der Waals surface area contributed by atoms with Gasteiger partial charge in [-0.2, -0.15) is 0 Å². The number of hydrogen-bond acceptors (Lipinski definition) is 2. The molecule has 0 aliphatic rings. The van der Waals surface area contributed by atoms with Crippen LogP contribution in [0.2, 0.25) is 5.02 Å². The number of benzene rings is 1. The molecule has 14 heavy (non-hydrogen) atoms. The maximum Gasteiger partial charge on any atom is 0.162 e. The third-order valence-corrected chi connectivity index (χ3v) is 2.03. The fourth-order valence-electron chi connectivity index (χ4n) is 1.10. The van der Waals surface area contributed by atoms with Gasteiger partial charge in [0.25, 0.3) is 0 Å². The summed E-state index contributed by atoms with van der Waals surface area (Å²) in [6.07, 6.45) is 0.414. The van der Waals surface area contributed by atoms with E-state index in [-0.39, 0.29) is 12.4 Å². The summed E-state index contributed by atoms with van der Waals surface area (Å²) >= 11 is 5.72. The molecule has 3 heteroatoms. The Labute approximate surface area is 88.8 Å². The predicted molar refractivity (Wildman–Crippen MR) is 56.7 cm³/mol. The lowest BCUT2D eigenvalue weighted by molar-refractivity contribution is -0.122. The molecule has 0 spiro atoms. The van der Waals surface area contributed by atoms with Gasteiger partial charge in [-0.3, -0.25) is 4.79 Å². The van der Waals surface area contributed by atoms with E-state index in [1.807, 2.05) is 19.1 Å². The van der Waals surface area contributed by atoms with Gasteiger partial charge in [0, 0.05) is 18.1 Å². The Morgan fingerprint density at radius 2 is 2.00 bits per heavy atom. The van der Waals surface area contributed by atoms with Crippen LogP contribution < -0.4 is 0 Å². The van der Waals surface area contributed by atoms with Crippen LogP contribution in [0.25, 0.3) is 0 Å². The van der Waals surface area contributed by atoms with Crippen LogP contribution in [-0.2, 0) is 16.0 Å². The summed E-state index contributed by atoms with van der Waals surface area (Å²) in [5.74, 6) is 0.0918. The number of ketones is 1. The summed E-state index contributed by atoms with van der Waals surface area (Å²) in [7, 11) is 0. The molecule has 0 radical (unpaired) electrons. The van der Waals surface area contributed by atoms with Gasteiger partial charge in [0.1, 0.15) is 6.61 Å². The Balaban J connectivity index is 2.44. The van der Waals surface area contributed by atoms with E-state index in [0.29, 0.717) is 18.1 Å². The standard InChI is InChI=1S/C11H13ClO2/c1-2-14-8-11(13)7-9-3-5-10(12)6-4-9/h3-6H,2,7-8H2,1H3. The van der Waals surface area contributed by atoms with Gasteiger partial charge in [-0.15, -0.1) is 0 Å². The van der Waals surface area contributed by atoms with Gasteiger partial charge in [-0.1, -0.05) is 23.7 Å². The van der Waals surface area contributed by atoms with E-state index >= 15 is 0 Å². The van der Waals surface area contributed by atoms with Crippen molar-refractivity contribution in [2.24, 2.45) is 0 Å². The third-order valence-electron chi connectivity index (χ3n) is 1.78. The van der Waals surface area contributed by atoms with Crippen LogP contribution in [0, 0.1) is 0 Å². The van der Waals surface area contributed by atoms with Crippen molar-refractivity contribution in [3.05, 3.63) is 34.9 Å². The second-order valence-corrected chi connectivity index (χ2v) is 3.42. The lowest BCUT2D eigenvalue weighted by Gasteiger charge is -2.01. The van der Waals surface area contributed by atoms with Crippen LogP contribution in [0.4, 0.5) is 0 Å². The molecular weight excluding hydrogens is 200 g/mol. The first-order valence-electron chi connectivity index (χ1n) is 4.56. The quantitative estimate of drug-likeness (QED) is 0.750. The molecule has 0 atom stereocenters. The highest BCUT2D eigenvalue weighted by atomic mass is 35.5. The molecule has 2 nitrogen and oxygen atoms in total.